The van der Waals surface area contributed by atoms with E-state index in [0.29, 0.717) is 0 Å². The molecule has 0 amide bonds. The van der Waals surface area contributed by atoms with E-state index in [2.05, 4.69) is 11.1 Å². The predicted molar refractivity (Wildman–Crippen MR) is 75.1 cm³/mol. The topological polar surface area (TPSA) is 30.0 Å². The molecule has 0 aliphatic carbocycles. The molecule has 0 fully saturated rings. The predicted octanol–water partition coefficient (Wildman–Crippen LogP) is 4.17. The molecule has 0 unspecified atom stereocenters. The first-order valence-corrected chi connectivity index (χ1v) is 6.51. The smallest absolute Gasteiger partial charge is 0.169 e. The summed E-state index contributed by atoms with van der Waals surface area (Å²) in [5.41, 5.74) is 2.12. The Bertz CT molecular complexity index is 730. The van der Waals surface area contributed by atoms with Crippen LogP contribution in [0.5, 0.6) is 0 Å². The third kappa shape index (κ3) is 1.93. The first-order valence-electron chi connectivity index (χ1n) is 5.70. The number of nitrogens with zero attached hydrogens (tertiary/aromatic N) is 1. The van der Waals surface area contributed by atoms with Gasteiger partial charge < -0.3 is 0 Å². The van der Waals surface area contributed by atoms with Gasteiger partial charge in [-0.3, -0.25) is 9.78 Å². The fourth-order valence-corrected chi connectivity index (χ4v) is 2.81. The van der Waals surface area contributed by atoms with E-state index in [1.165, 1.54) is 11.3 Å². The fraction of sp³-hybridized carbons (Fsp3) is 0.0667. The van der Waals surface area contributed by atoms with Crippen LogP contribution in [0.15, 0.2) is 48.7 Å². The Balaban J connectivity index is 2.10. The molecular formula is C15H11NOS. The van der Waals surface area contributed by atoms with E-state index in [0.717, 1.165) is 26.2 Å². The Hall–Kier alpha value is -2.00. The number of hydrogen-bond acceptors (Lipinski definition) is 3. The minimum absolute atomic E-state index is 0.119. The van der Waals surface area contributed by atoms with E-state index in [-0.39, 0.29) is 5.78 Å². The maximum atomic E-state index is 11.3. The van der Waals surface area contributed by atoms with Crippen molar-refractivity contribution in [2.24, 2.45) is 0 Å². The summed E-state index contributed by atoms with van der Waals surface area (Å²) in [5, 5.41) is 1.12. The van der Waals surface area contributed by atoms with Crippen LogP contribution in [0.1, 0.15) is 16.6 Å². The van der Waals surface area contributed by atoms with Crippen molar-refractivity contribution < 1.29 is 4.79 Å². The van der Waals surface area contributed by atoms with Crippen molar-refractivity contribution in [2.75, 3.05) is 0 Å². The van der Waals surface area contributed by atoms with Crippen molar-refractivity contribution in [3.63, 3.8) is 0 Å². The summed E-state index contributed by atoms with van der Waals surface area (Å²) in [6.45, 7) is 1.60. The van der Waals surface area contributed by atoms with Crippen LogP contribution in [-0.4, -0.2) is 10.8 Å². The number of carbonyl (C=O) groups is 1. The lowest BCUT2D eigenvalue weighted by molar-refractivity contribution is 0.102. The van der Waals surface area contributed by atoms with Crippen LogP contribution < -0.4 is 0 Å². The summed E-state index contributed by atoms with van der Waals surface area (Å²) in [5.74, 6) is 0.119. The molecule has 3 aromatic rings. The minimum atomic E-state index is 0.119. The van der Waals surface area contributed by atoms with Crippen LogP contribution in [0.25, 0.3) is 21.3 Å². The van der Waals surface area contributed by atoms with Crippen molar-refractivity contribution in [1.29, 1.82) is 0 Å². The number of aromatic nitrogens is 1. The van der Waals surface area contributed by atoms with Gasteiger partial charge in [-0.25, -0.2) is 0 Å². The molecule has 0 radical (unpaired) electrons. The number of thiophene rings is 1. The second-order valence-electron chi connectivity index (χ2n) is 4.13. The van der Waals surface area contributed by atoms with E-state index in [4.69, 9.17) is 0 Å². The third-order valence-electron chi connectivity index (χ3n) is 2.84. The Morgan fingerprint density at radius 2 is 2.06 bits per heavy atom. The molecule has 0 aliphatic rings. The van der Waals surface area contributed by atoms with E-state index in [9.17, 15) is 4.79 Å². The number of Topliss-reactive ketones (excluding diaryl/α,β-unsaturated/α-hetero) is 1. The lowest BCUT2D eigenvalue weighted by Crippen LogP contribution is -1.83. The van der Waals surface area contributed by atoms with E-state index < -0.39 is 0 Å². The molecule has 0 spiro atoms. The number of pyridine rings is 1. The molecule has 0 bridgehead atoms. The molecule has 2 aromatic heterocycles. The minimum Gasteiger partial charge on any atom is -0.294 e. The Morgan fingerprint density at radius 3 is 2.83 bits per heavy atom. The molecule has 0 N–H and O–H groups in total. The zero-order valence-corrected chi connectivity index (χ0v) is 10.7. The van der Waals surface area contributed by atoms with Crippen molar-refractivity contribution in [3.05, 3.63) is 53.5 Å². The molecule has 1 aromatic carbocycles. The second kappa shape index (κ2) is 4.35. The number of hydrogen-bond donors (Lipinski definition) is 0. The number of ketones is 1. The van der Waals surface area contributed by atoms with Crippen LogP contribution in [0.3, 0.4) is 0 Å². The highest BCUT2D eigenvalue weighted by Crippen LogP contribution is 2.30. The average Bonchev–Trinajstić information content (AvgIpc) is 2.88. The van der Waals surface area contributed by atoms with Gasteiger partial charge in [0.1, 0.15) is 0 Å². The Kier molecular flexibility index (Phi) is 2.68. The van der Waals surface area contributed by atoms with Gasteiger partial charge in [-0.15, -0.1) is 11.3 Å². The van der Waals surface area contributed by atoms with Crippen molar-refractivity contribution >= 4 is 28.0 Å². The van der Waals surface area contributed by atoms with Gasteiger partial charge in [-0.05, 0) is 42.8 Å². The second-order valence-corrected chi connectivity index (χ2v) is 5.21. The molecule has 0 aliphatic heterocycles. The molecular weight excluding hydrogens is 242 g/mol. The Morgan fingerprint density at radius 1 is 1.17 bits per heavy atom. The van der Waals surface area contributed by atoms with Gasteiger partial charge >= 0.3 is 0 Å². The number of rotatable bonds is 2. The maximum Gasteiger partial charge on any atom is 0.169 e. The summed E-state index contributed by atoms with van der Waals surface area (Å²) in [6.07, 6.45) is 1.79. The zero-order valence-electron chi connectivity index (χ0n) is 9.88. The molecule has 18 heavy (non-hydrogen) atoms. The van der Waals surface area contributed by atoms with Gasteiger partial charge in [0, 0.05) is 16.5 Å². The maximum absolute atomic E-state index is 11.3. The van der Waals surface area contributed by atoms with Crippen LogP contribution in [-0.2, 0) is 0 Å². The van der Waals surface area contributed by atoms with Crippen molar-refractivity contribution in [3.8, 4) is 10.4 Å². The molecule has 0 saturated heterocycles. The summed E-state index contributed by atoms with van der Waals surface area (Å²) >= 11 is 1.53. The fourth-order valence-electron chi connectivity index (χ4n) is 1.91. The monoisotopic (exact) mass is 253 g/mol. The molecule has 3 heteroatoms. The van der Waals surface area contributed by atoms with Gasteiger partial charge in [0.05, 0.1) is 10.4 Å². The number of fused-ring (bicyclic) bond motifs is 1. The lowest BCUT2D eigenvalue weighted by atomic mass is 10.1. The number of carbonyl (C=O) groups excluding carboxylic acids is 1. The molecule has 2 heterocycles. The first-order chi connectivity index (χ1) is 8.74. The van der Waals surface area contributed by atoms with E-state index in [1.54, 1.807) is 13.1 Å². The molecule has 3 rings (SSSR count). The highest BCUT2D eigenvalue weighted by atomic mass is 32.1. The van der Waals surface area contributed by atoms with Crippen molar-refractivity contribution in [1.82, 2.24) is 4.98 Å². The van der Waals surface area contributed by atoms with Crippen LogP contribution >= 0.6 is 11.3 Å². The SMILES string of the molecule is CC(=O)c1ccc(-c2ccc3ncccc3c2)s1. The summed E-state index contributed by atoms with van der Waals surface area (Å²) in [7, 11) is 0. The zero-order chi connectivity index (χ0) is 12.5. The first kappa shape index (κ1) is 11.1. The molecule has 0 saturated carbocycles. The summed E-state index contributed by atoms with van der Waals surface area (Å²) in [6, 6.07) is 14.0. The lowest BCUT2D eigenvalue weighted by Gasteiger charge is -2.00. The average molecular weight is 253 g/mol. The highest BCUT2D eigenvalue weighted by Gasteiger charge is 2.06. The van der Waals surface area contributed by atoms with E-state index in [1.807, 2.05) is 36.4 Å². The normalized spacial score (nSPS) is 10.7. The van der Waals surface area contributed by atoms with E-state index >= 15 is 0 Å². The van der Waals surface area contributed by atoms with Gasteiger partial charge in [0.15, 0.2) is 5.78 Å². The highest BCUT2D eigenvalue weighted by molar-refractivity contribution is 7.17. The third-order valence-corrected chi connectivity index (χ3v) is 4.08. The molecule has 88 valence electrons. The van der Waals surface area contributed by atoms with Gasteiger partial charge in [-0.1, -0.05) is 12.1 Å². The summed E-state index contributed by atoms with van der Waals surface area (Å²) in [4.78, 5) is 17.5. The van der Waals surface area contributed by atoms with Crippen LogP contribution in [0.2, 0.25) is 0 Å². The van der Waals surface area contributed by atoms with Gasteiger partial charge in [-0.2, -0.15) is 0 Å². The standard InChI is InChI=1S/C15H11NOS/c1-10(17)14-6-7-15(18-14)12-4-5-13-11(9-12)3-2-8-16-13/h2-9H,1H3. The number of benzene rings is 1. The largest absolute Gasteiger partial charge is 0.294 e. The van der Waals surface area contributed by atoms with Gasteiger partial charge in [0.2, 0.25) is 0 Å². The van der Waals surface area contributed by atoms with Crippen LogP contribution in [0.4, 0.5) is 0 Å². The van der Waals surface area contributed by atoms with Crippen molar-refractivity contribution in [2.45, 2.75) is 6.92 Å². The van der Waals surface area contributed by atoms with Gasteiger partial charge in [0.25, 0.3) is 0 Å². The molecule has 2 nitrogen and oxygen atoms in total. The van der Waals surface area contributed by atoms with Crippen LogP contribution in [0, 0.1) is 0 Å². The summed E-state index contributed by atoms with van der Waals surface area (Å²) < 4.78 is 0. The molecule has 0 atom stereocenters. The Labute approximate surface area is 109 Å². The quantitative estimate of drug-likeness (QED) is 0.642.